The van der Waals surface area contributed by atoms with Gasteiger partial charge >= 0.3 is 0 Å². The van der Waals surface area contributed by atoms with Gasteiger partial charge in [-0.25, -0.2) is 8.78 Å². The largest absolute Gasteiger partial charge is 0.313 e. The van der Waals surface area contributed by atoms with Gasteiger partial charge in [0.15, 0.2) is 0 Å². The third-order valence-corrected chi connectivity index (χ3v) is 6.12. The van der Waals surface area contributed by atoms with Gasteiger partial charge in [0.25, 0.3) is 0 Å². The Morgan fingerprint density at radius 2 is 1.88 bits per heavy atom. The lowest BCUT2D eigenvalue weighted by atomic mass is 9.81. The predicted octanol–water partition coefficient (Wildman–Crippen LogP) is 5.34. The van der Waals surface area contributed by atoms with Gasteiger partial charge in [-0.15, -0.1) is 0 Å². The Bertz CT molecular complexity index is 752. The van der Waals surface area contributed by atoms with Crippen molar-refractivity contribution in [3.63, 3.8) is 0 Å². The molecule has 132 valence electrons. The minimum Gasteiger partial charge on any atom is -0.313 e. The van der Waals surface area contributed by atoms with E-state index in [1.54, 1.807) is 0 Å². The fourth-order valence-electron chi connectivity index (χ4n) is 4.63. The van der Waals surface area contributed by atoms with Crippen LogP contribution in [0.5, 0.6) is 0 Å². The van der Waals surface area contributed by atoms with E-state index >= 15 is 4.39 Å². The van der Waals surface area contributed by atoms with Crippen LogP contribution in [0.4, 0.5) is 8.78 Å². The lowest BCUT2D eigenvalue weighted by Gasteiger charge is -2.24. The van der Waals surface area contributed by atoms with E-state index in [2.05, 4.69) is 12.2 Å². The highest BCUT2D eigenvalue weighted by Gasteiger charge is 2.55. The van der Waals surface area contributed by atoms with Crippen molar-refractivity contribution in [1.29, 1.82) is 0 Å². The van der Waals surface area contributed by atoms with Gasteiger partial charge in [0.05, 0.1) is 0 Å². The first kappa shape index (κ1) is 16.7. The summed E-state index contributed by atoms with van der Waals surface area (Å²) < 4.78 is 29.3. The number of hydrogen-bond donors (Lipinski definition) is 1. The second-order valence-corrected chi connectivity index (χ2v) is 7.74. The van der Waals surface area contributed by atoms with E-state index < -0.39 is 0 Å². The van der Waals surface area contributed by atoms with Crippen molar-refractivity contribution in [2.24, 2.45) is 11.3 Å². The molecule has 1 aliphatic carbocycles. The Morgan fingerprint density at radius 3 is 2.56 bits per heavy atom. The Morgan fingerprint density at radius 1 is 1.12 bits per heavy atom. The topological polar surface area (TPSA) is 12.0 Å². The SMILES string of the molecule is CCC[C@@H]1C(Cc2cc(F)cc(-c3ccccc3)c2F)NCC12CC2. The first-order valence-corrected chi connectivity index (χ1v) is 9.40. The van der Waals surface area contributed by atoms with Crippen LogP contribution in [0.25, 0.3) is 11.1 Å². The summed E-state index contributed by atoms with van der Waals surface area (Å²) >= 11 is 0. The molecule has 25 heavy (non-hydrogen) atoms. The molecule has 0 bridgehead atoms. The number of nitrogens with one attached hydrogen (secondary N) is 1. The Balaban J connectivity index is 1.64. The maximum atomic E-state index is 15.1. The summed E-state index contributed by atoms with van der Waals surface area (Å²) in [5, 5.41) is 3.61. The van der Waals surface area contributed by atoms with E-state index in [9.17, 15) is 4.39 Å². The quantitative estimate of drug-likeness (QED) is 0.774. The fraction of sp³-hybridized carbons (Fsp3) is 0.455. The van der Waals surface area contributed by atoms with Gasteiger partial charge in [-0.2, -0.15) is 0 Å². The molecule has 1 unspecified atom stereocenters. The molecule has 3 heteroatoms. The maximum Gasteiger partial charge on any atom is 0.134 e. The molecule has 2 atom stereocenters. The van der Waals surface area contributed by atoms with Crippen molar-refractivity contribution >= 4 is 0 Å². The molecule has 1 aliphatic heterocycles. The van der Waals surface area contributed by atoms with Crippen molar-refractivity contribution in [2.45, 2.75) is 45.1 Å². The molecular weight excluding hydrogens is 316 g/mol. The number of benzene rings is 2. The first-order chi connectivity index (χ1) is 12.1. The van der Waals surface area contributed by atoms with Crippen LogP contribution in [0.1, 0.15) is 38.2 Å². The van der Waals surface area contributed by atoms with Crippen LogP contribution in [-0.4, -0.2) is 12.6 Å². The summed E-state index contributed by atoms with van der Waals surface area (Å²) in [6.07, 6.45) is 5.44. The van der Waals surface area contributed by atoms with E-state index in [1.807, 2.05) is 30.3 Å². The van der Waals surface area contributed by atoms with E-state index in [0.717, 1.165) is 18.5 Å². The van der Waals surface area contributed by atoms with E-state index in [4.69, 9.17) is 0 Å². The predicted molar refractivity (Wildman–Crippen MR) is 97.4 cm³/mol. The summed E-state index contributed by atoms with van der Waals surface area (Å²) in [5.41, 5.74) is 2.02. The van der Waals surface area contributed by atoms with Crippen LogP contribution in [0, 0.1) is 23.0 Å². The zero-order chi connectivity index (χ0) is 17.4. The van der Waals surface area contributed by atoms with E-state index in [0.29, 0.717) is 28.9 Å². The Kier molecular flexibility index (Phi) is 4.36. The molecule has 1 spiro atoms. The molecule has 1 saturated carbocycles. The smallest absolute Gasteiger partial charge is 0.134 e. The first-order valence-electron chi connectivity index (χ1n) is 9.40. The second-order valence-electron chi connectivity index (χ2n) is 7.74. The lowest BCUT2D eigenvalue weighted by Crippen LogP contribution is -2.30. The molecule has 2 aliphatic rings. The highest BCUT2D eigenvalue weighted by molar-refractivity contribution is 5.65. The van der Waals surface area contributed by atoms with Gasteiger partial charge < -0.3 is 5.32 Å². The Labute approximate surface area is 148 Å². The van der Waals surface area contributed by atoms with Gasteiger partial charge in [-0.05, 0) is 60.3 Å². The van der Waals surface area contributed by atoms with Crippen LogP contribution >= 0.6 is 0 Å². The molecule has 0 aromatic heterocycles. The van der Waals surface area contributed by atoms with Crippen LogP contribution < -0.4 is 5.32 Å². The van der Waals surface area contributed by atoms with Gasteiger partial charge in [0.1, 0.15) is 11.6 Å². The minimum atomic E-state index is -0.360. The molecular formula is C22H25F2N. The highest BCUT2D eigenvalue weighted by atomic mass is 19.1. The molecule has 2 aromatic carbocycles. The molecule has 1 heterocycles. The van der Waals surface area contributed by atoms with Crippen molar-refractivity contribution in [3.05, 3.63) is 59.7 Å². The van der Waals surface area contributed by atoms with Crippen LogP contribution in [0.2, 0.25) is 0 Å². The molecule has 4 rings (SSSR count). The van der Waals surface area contributed by atoms with E-state index in [-0.39, 0.29) is 17.7 Å². The number of hydrogen-bond acceptors (Lipinski definition) is 1. The molecule has 2 aromatic rings. The molecule has 0 radical (unpaired) electrons. The van der Waals surface area contributed by atoms with Crippen LogP contribution in [0.3, 0.4) is 0 Å². The molecule has 1 N–H and O–H groups in total. The zero-order valence-electron chi connectivity index (χ0n) is 14.7. The molecule has 0 amide bonds. The molecule has 1 saturated heterocycles. The summed E-state index contributed by atoms with van der Waals surface area (Å²) in [6.45, 7) is 3.24. The molecule has 1 nitrogen and oxygen atoms in total. The van der Waals surface area contributed by atoms with Crippen LogP contribution in [-0.2, 0) is 6.42 Å². The molecule has 2 fully saturated rings. The zero-order valence-corrected chi connectivity index (χ0v) is 14.7. The Hall–Kier alpha value is -1.74. The van der Waals surface area contributed by atoms with Crippen LogP contribution in [0.15, 0.2) is 42.5 Å². The third kappa shape index (κ3) is 3.10. The van der Waals surface area contributed by atoms with Crippen molar-refractivity contribution < 1.29 is 8.78 Å². The third-order valence-electron chi connectivity index (χ3n) is 6.12. The summed E-state index contributed by atoms with van der Waals surface area (Å²) in [6, 6.07) is 12.2. The van der Waals surface area contributed by atoms with Gasteiger partial charge in [0, 0.05) is 18.2 Å². The fourth-order valence-corrected chi connectivity index (χ4v) is 4.63. The number of halogens is 2. The van der Waals surface area contributed by atoms with E-state index in [1.165, 1.54) is 31.4 Å². The summed E-state index contributed by atoms with van der Waals surface area (Å²) in [4.78, 5) is 0. The van der Waals surface area contributed by atoms with Crippen molar-refractivity contribution in [3.8, 4) is 11.1 Å². The standard InChI is InChI=1S/C22H25F2N/c1-2-6-19-20(25-14-22(19)9-10-22)12-16-11-17(23)13-18(21(16)24)15-7-4-3-5-8-15/h3-5,7-8,11,13,19-20,25H,2,6,9-10,12,14H2,1H3/t19-,20?/m1/s1. The highest BCUT2D eigenvalue weighted by Crippen LogP contribution is 2.57. The summed E-state index contributed by atoms with van der Waals surface area (Å²) in [7, 11) is 0. The normalized spacial score (nSPS) is 24.0. The minimum absolute atomic E-state index is 0.252. The number of rotatable bonds is 5. The lowest BCUT2D eigenvalue weighted by molar-refractivity contribution is 0.315. The van der Waals surface area contributed by atoms with Gasteiger partial charge in [-0.3, -0.25) is 0 Å². The second kappa shape index (κ2) is 6.53. The monoisotopic (exact) mass is 341 g/mol. The summed E-state index contributed by atoms with van der Waals surface area (Å²) in [5.74, 6) is -0.0526. The van der Waals surface area contributed by atoms with Crippen molar-refractivity contribution in [1.82, 2.24) is 5.32 Å². The van der Waals surface area contributed by atoms with Gasteiger partial charge in [0.2, 0.25) is 0 Å². The average Bonchev–Trinajstić information content (AvgIpc) is 3.33. The van der Waals surface area contributed by atoms with Gasteiger partial charge in [-0.1, -0.05) is 43.7 Å². The van der Waals surface area contributed by atoms with Crippen molar-refractivity contribution in [2.75, 3.05) is 6.54 Å². The maximum absolute atomic E-state index is 15.1. The average molecular weight is 341 g/mol.